The van der Waals surface area contributed by atoms with E-state index < -0.39 is 0 Å². The van der Waals surface area contributed by atoms with Gasteiger partial charge in [-0.25, -0.2) is 24.9 Å². The summed E-state index contributed by atoms with van der Waals surface area (Å²) < 4.78 is 2.34. The lowest BCUT2D eigenvalue weighted by molar-refractivity contribution is 1.07. The van der Waals surface area contributed by atoms with E-state index in [-0.39, 0.29) is 0 Å². The first-order chi connectivity index (χ1) is 30.2. The molecular formula is C55H36N6. The summed E-state index contributed by atoms with van der Waals surface area (Å²) in [5, 5.41) is 2.33. The molecule has 0 aliphatic carbocycles. The Labute approximate surface area is 353 Å². The van der Waals surface area contributed by atoms with Crippen LogP contribution in [0.2, 0.25) is 0 Å². The standard InChI is InChI=1S/C55H36N6/c1-5-18-37(19-6-1)48-36-49(57-55(56-48)47-32-17-31-46-45-30-13-14-33-50(45)61(51(46)47)44-28-11-4-12-29-44)42-26-15-24-40(34-42)41-25-16-27-43(35-41)54-59-52(38-20-7-2-8-21-38)58-53(60-54)39-22-9-3-10-23-39/h1-36H. The van der Waals surface area contributed by atoms with Gasteiger partial charge in [-0.05, 0) is 53.6 Å². The molecule has 11 rings (SSSR count). The number of para-hydroxylation sites is 3. The van der Waals surface area contributed by atoms with Crippen LogP contribution in [-0.2, 0) is 0 Å². The van der Waals surface area contributed by atoms with Crippen LogP contribution >= 0.6 is 0 Å². The van der Waals surface area contributed by atoms with Gasteiger partial charge in [-0.2, -0.15) is 0 Å². The summed E-state index contributed by atoms with van der Waals surface area (Å²) in [5.41, 5.74) is 12.8. The molecule has 3 aromatic heterocycles. The van der Waals surface area contributed by atoms with Crippen molar-refractivity contribution < 1.29 is 0 Å². The minimum Gasteiger partial charge on any atom is -0.309 e. The molecule has 0 aliphatic rings. The third-order valence-corrected chi connectivity index (χ3v) is 11.1. The second kappa shape index (κ2) is 15.4. The molecule has 0 N–H and O–H groups in total. The average Bonchev–Trinajstić information content (AvgIpc) is 3.69. The van der Waals surface area contributed by atoms with E-state index in [9.17, 15) is 0 Å². The summed E-state index contributed by atoms with van der Waals surface area (Å²) in [6, 6.07) is 75.1. The van der Waals surface area contributed by atoms with Gasteiger partial charge in [0.2, 0.25) is 0 Å². The number of aromatic nitrogens is 6. The third kappa shape index (κ3) is 6.82. The minimum absolute atomic E-state index is 0.612. The van der Waals surface area contributed by atoms with Crippen LogP contribution in [0.1, 0.15) is 0 Å². The van der Waals surface area contributed by atoms with E-state index in [1.807, 2.05) is 66.7 Å². The van der Waals surface area contributed by atoms with E-state index in [2.05, 4.69) is 156 Å². The summed E-state index contributed by atoms with van der Waals surface area (Å²) in [5.74, 6) is 2.53. The van der Waals surface area contributed by atoms with E-state index in [0.717, 1.165) is 78.0 Å². The van der Waals surface area contributed by atoms with Crippen molar-refractivity contribution >= 4 is 21.8 Å². The normalized spacial score (nSPS) is 11.3. The zero-order valence-corrected chi connectivity index (χ0v) is 33.0. The molecule has 3 heterocycles. The highest BCUT2D eigenvalue weighted by Gasteiger charge is 2.20. The van der Waals surface area contributed by atoms with E-state index in [0.29, 0.717) is 23.3 Å². The summed E-state index contributed by atoms with van der Waals surface area (Å²) in [6.07, 6.45) is 0. The number of fused-ring (bicyclic) bond motifs is 3. The zero-order chi connectivity index (χ0) is 40.5. The van der Waals surface area contributed by atoms with E-state index >= 15 is 0 Å². The molecule has 6 nitrogen and oxygen atoms in total. The van der Waals surface area contributed by atoms with Gasteiger partial charge in [0, 0.05) is 49.8 Å². The lowest BCUT2D eigenvalue weighted by Crippen LogP contribution is -2.00. The predicted molar refractivity (Wildman–Crippen MR) is 248 cm³/mol. The Morgan fingerprint density at radius 2 is 0.721 bits per heavy atom. The van der Waals surface area contributed by atoms with Gasteiger partial charge in [-0.3, -0.25) is 0 Å². The number of rotatable bonds is 8. The summed E-state index contributed by atoms with van der Waals surface area (Å²) in [4.78, 5) is 25.6. The Bertz CT molecular complexity index is 3290. The molecule has 0 atom stereocenters. The first-order valence-electron chi connectivity index (χ1n) is 20.3. The maximum atomic E-state index is 5.38. The molecule has 0 saturated carbocycles. The molecule has 0 fully saturated rings. The summed E-state index contributed by atoms with van der Waals surface area (Å²) >= 11 is 0. The Kier molecular flexibility index (Phi) is 9.06. The summed E-state index contributed by atoms with van der Waals surface area (Å²) in [6.45, 7) is 0. The number of hydrogen-bond donors (Lipinski definition) is 0. The van der Waals surface area contributed by atoms with Gasteiger partial charge in [0.15, 0.2) is 23.3 Å². The van der Waals surface area contributed by atoms with E-state index in [1.165, 1.54) is 5.39 Å². The SMILES string of the molecule is c1ccc(-c2cc(-c3cccc(-c4cccc(-c5nc(-c6ccccc6)nc(-c6ccccc6)n5)c4)c3)nc(-c3cccc4c5ccccc5n(-c5ccccc5)c34)n2)cc1. The van der Waals surface area contributed by atoms with Crippen molar-refractivity contribution in [2.45, 2.75) is 0 Å². The average molecular weight is 781 g/mol. The maximum absolute atomic E-state index is 5.38. The van der Waals surface area contributed by atoms with Crippen molar-refractivity contribution in [1.82, 2.24) is 29.5 Å². The van der Waals surface area contributed by atoms with Crippen LogP contribution in [0.25, 0.3) is 107 Å². The molecule has 0 unspecified atom stereocenters. The number of benzene rings is 8. The Hall–Kier alpha value is -8.35. The molecule has 0 aliphatic heterocycles. The third-order valence-electron chi connectivity index (χ3n) is 11.1. The first kappa shape index (κ1) is 35.8. The van der Waals surface area contributed by atoms with Crippen LogP contribution in [0, 0.1) is 0 Å². The van der Waals surface area contributed by atoms with E-state index in [1.54, 1.807) is 0 Å². The number of hydrogen-bond acceptors (Lipinski definition) is 5. The van der Waals surface area contributed by atoms with Crippen LogP contribution in [-0.4, -0.2) is 29.5 Å². The van der Waals surface area contributed by atoms with Gasteiger partial charge >= 0.3 is 0 Å². The molecule has 61 heavy (non-hydrogen) atoms. The van der Waals surface area contributed by atoms with Crippen molar-refractivity contribution in [1.29, 1.82) is 0 Å². The predicted octanol–water partition coefficient (Wildman–Crippen LogP) is 13.4. The zero-order valence-electron chi connectivity index (χ0n) is 33.0. The summed E-state index contributed by atoms with van der Waals surface area (Å²) in [7, 11) is 0. The van der Waals surface area contributed by atoms with Gasteiger partial charge < -0.3 is 4.57 Å². The molecular weight excluding hydrogens is 745 g/mol. The molecule has 0 radical (unpaired) electrons. The topological polar surface area (TPSA) is 69.4 Å². The Balaban J connectivity index is 1.05. The second-order valence-corrected chi connectivity index (χ2v) is 14.9. The highest BCUT2D eigenvalue weighted by molar-refractivity contribution is 6.13. The van der Waals surface area contributed by atoms with Crippen molar-refractivity contribution in [2.75, 3.05) is 0 Å². The fourth-order valence-electron chi connectivity index (χ4n) is 8.15. The lowest BCUT2D eigenvalue weighted by atomic mass is 9.99. The molecule has 8 aromatic carbocycles. The van der Waals surface area contributed by atoms with Crippen molar-refractivity contribution in [3.63, 3.8) is 0 Å². The highest BCUT2D eigenvalue weighted by atomic mass is 15.0. The first-order valence-corrected chi connectivity index (χ1v) is 20.3. The van der Waals surface area contributed by atoms with Crippen LogP contribution in [0.15, 0.2) is 218 Å². The lowest BCUT2D eigenvalue weighted by Gasteiger charge is -2.14. The van der Waals surface area contributed by atoms with Crippen LogP contribution in [0.3, 0.4) is 0 Å². The molecule has 286 valence electrons. The number of nitrogens with zero attached hydrogens (tertiary/aromatic N) is 6. The van der Waals surface area contributed by atoms with Crippen molar-refractivity contribution in [3.05, 3.63) is 218 Å². The van der Waals surface area contributed by atoms with Gasteiger partial charge in [-0.15, -0.1) is 0 Å². The van der Waals surface area contributed by atoms with Crippen LogP contribution in [0.5, 0.6) is 0 Å². The second-order valence-electron chi connectivity index (χ2n) is 14.9. The quantitative estimate of drug-likeness (QED) is 0.154. The molecule has 0 saturated heterocycles. The van der Waals surface area contributed by atoms with Gasteiger partial charge in [0.25, 0.3) is 0 Å². The van der Waals surface area contributed by atoms with Crippen LogP contribution < -0.4 is 0 Å². The van der Waals surface area contributed by atoms with Crippen molar-refractivity contribution in [2.24, 2.45) is 0 Å². The Morgan fingerprint density at radius 3 is 1.36 bits per heavy atom. The van der Waals surface area contributed by atoms with Gasteiger partial charge in [-0.1, -0.05) is 176 Å². The Morgan fingerprint density at radius 1 is 0.279 bits per heavy atom. The fraction of sp³-hybridized carbons (Fsp3) is 0. The van der Waals surface area contributed by atoms with Crippen LogP contribution in [0.4, 0.5) is 0 Å². The fourth-order valence-corrected chi connectivity index (χ4v) is 8.15. The maximum Gasteiger partial charge on any atom is 0.164 e. The smallest absolute Gasteiger partial charge is 0.164 e. The monoisotopic (exact) mass is 780 g/mol. The van der Waals surface area contributed by atoms with E-state index in [4.69, 9.17) is 24.9 Å². The minimum atomic E-state index is 0.612. The van der Waals surface area contributed by atoms with Gasteiger partial charge in [0.1, 0.15) is 0 Å². The highest BCUT2D eigenvalue weighted by Crippen LogP contribution is 2.39. The largest absolute Gasteiger partial charge is 0.309 e. The van der Waals surface area contributed by atoms with Gasteiger partial charge in [0.05, 0.1) is 22.4 Å². The molecule has 11 aromatic rings. The molecule has 0 amide bonds. The van der Waals surface area contributed by atoms with Crippen molar-refractivity contribution in [3.8, 4) is 84.9 Å². The molecule has 0 bridgehead atoms. The molecule has 6 heteroatoms. The molecule has 0 spiro atoms.